The van der Waals surface area contributed by atoms with Crippen molar-refractivity contribution >= 4 is 11.8 Å². The summed E-state index contributed by atoms with van der Waals surface area (Å²) >= 11 is 0. The van der Waals surface area contributed by atoms with Gasteiger partial charge in [-0.3, -0.25) is 15.0 Å². The second-order valence-electron chi connectivity index (χ2n) is 6.57. The summed E-state index contributed by atoms with van der Waals surface area (Å²) in [4.78, 5) is 26.8. The molecule has 9 heteroatoms. The van der Waals surface area contributed by atoms with Gasteiger partial charge in [-0.15, -0.1) is 0 Å². The number of carbonyl (C=O) groups excluding carboxylic acids is 2. The lowest BCUT2D eigenvalue weighted by Gasteiger charge is -2.44. The van der Waals surface area contributed by atoms with Crippen molar-refractivity contribution in [2.24, 2.45) is 0 Å². The molecule has 2 N–H and O–H groups in total. The van der Waals surface area contributed by atoms with Gasteiger partial charge >= 0.3 is 6.61 Å². The minimum atomic E-state index is -2.93. The second kappa shape index (κ2) is 6.75. The van der Waals surface area contributed by atoms with E-state index >= 15 is 0 Å². The number of hydrazine groups is 1. The average Bonchev–Trinajstić information content (AvgIpc) is 3.00. The highest BCUT2D eigenvalue weighted by Crippen LogP contribution is 2.33. The first-order valence-electron chi connectivity index (χ1n) is 8.52. The Hall–Kier alpha value is -3.20. The van der Waals surface area contributed by atoms with Crippen LogP contribution in [0.3, 0.4) is 0 Å². The minimum absolute atomic E-state index is 0.00891. The second-order valence-corrected chi connectivity index (χ2v) is 6.57. The van der Waals surface area contributed by atoms with Gasteiger partial charge in [-0.25, -0.2) is 5.43 Å². The van der Waals surface area contributed by atoms with Crippen molar-refractivity contribution in [1.82, 2.24) is 15.8 Å². The molecule has 0 aromatic heterocycles. The van der Waals surface area contributed by atoms with Crippen LogP contribution in [-0.4, -0.2) is 37.0 Å². The van der Waals surface area contributed by atoms with E-state index < -0.39 is 12.2 Å². The fourth-order valence-electron chi connectivity index (χ4n) is 3.47. The molecule has 0 saturated carbocycles. The molecule has 1 fully saturated rings. The third-order valence-electron chi connectivity index (χ3n) is 4.97. The highest BCUT2D eigenvalue weighted by Gasteiger charge is 2.50. The quantitative estimate of drug-likeness (QED) is 0.788. The number of nitrogens with zero attached hydrogens (tertiary/aromatic N) is 1. The molecule has 28 heavy (non-hydrogen) atoms. The number of benzene rings is 2. The summed E-state index contributed by atoms with van der Waals surface area (Å²) in [5.74, 6) is 0.0620. The van der Waals surface area contributed by atoms with Crippen LogP contribution in [0.4, 0.5) is 8.78 Å². The number of methoxy groups -OCH3 is 1. The molecular weight excluding hydrogens is 372 g/mol. The van der Waals surface area contributed by atoms with Crippen molar-refractivity contribution < 1.29 is 27.8 Å². The number of ether oxygens (including phenoxy) is 2. The zero-order valence-corrected chi connectivity index (χ0v) is 14.9. The number of hydrogen-bond donors (Lipinski definition) is 2. The highest BCUT2D eigenvalue weighted by atomic mass is 19.3. The summed E-state index contributed by atoms with van der Waals surface area (Å²) in [7, 11) is 1.53. The Morgan fingerprint density at radius 1 is 1.14 bits per heavy atom. The van der Waals surface area contributed by atoms with Gasteiger partial charge in [-0.2, -0.15) is 8.78 Å². The van der Waals surface area contributed by atoms with Crippen LogP contribution < -0.4 is 20.3 Å². The molecule has 7 nitrogen and oxygen atoms in total. The molecule has 0 radical (unpaired) electrons. The Bertz CT molecular complexity index is 935. The third-order valence-corrected chi connectivity index (χ3v) is 4.97. The molecule has 2 amide bonds. The predicted octanol–water partition coefficient (Wildman–Crippen LogP) is 1.78. The average molecular weight is 389 g/mol. The Kier molecular flexibility index (Phi) is 4.38. The fourth-order valence-corrected chi connectivity index (χ4v) is 3.47. The number of halogens is 2. The molecule has 2 aliphatic rings. The fraction of sp³-hybridized carbons (Fsp3) is 0.263. The zero-order chi connectivity index (χ0) is 19.9. The normalized spacial score (nSPS) is 20.6. The lowest BCUT2D eigenvalue weighted by atomic mass is 9.86. The van der Waals surface area contributed by atoms with Gasteiger partial charge in [0.15, 0.2) is 5.54 Å². The third kappa shape index (κ3) is 2.93. The standard InChI is InChI=1S/C19H17F2N3O4/c1-27-14-5-2-11-9-24(16(25)15(11)8-14)10-19(17(26)22-23-19)12-3-6-13(7-4-12)28-18(20)21/h2-8,18,23H,9-10H2,1H3,(H,22,26)/t19-/m0/s1. The van der Waals surface area contributed by atoms with Crippen molar-refractivity contribution in [1.29, 1.82) is 0 Å². The smallest absolute Gasteiger partial charge is 0.387 e. The van der Waals surface area contributed by atoms with Crippen molar-refractivity contribution in [2.45, 2.75) is 18.7 Å². The molecule has 2 aromatic carbocycles. The number of carbonyl (C=O) groups is 2. The van der Waals surface area contributed by atoms with E-state index in [9.17, 15) is 18.4 Å². The first-order valence-corrected chi connectivity index (χ1v) is 8.52. The monoisotopic (exact) mass is 389 g/mol. The van der Waals surface area contributed by atoms with E-state index in [2.05, 4.69) is 15.6 Å². The lowest BCUT2D eigenvalue weighted by molar-refractivity contribution is -0.141. The van der Waals surface area contributed by atoms with Gasteiger partial charge in [0.2, 0.25) is 0 Å². The summed E-state index contributed by atoms with van der Waals surface area (Å²) in [5.41, 5.74) is 6.11. The molecule has 146 valence electrons. The van der Waals surface area contributed by atoms with Crippen LogP contribution in [0.15, 0.2) is 42.5 Å². The van der Waals surface area contributed by atoms with Gasteiger partial charge in [0, 0.05) is 12.1 Å². The lowest BCUT2D eigenvalue weighted by Crippen LogP contribution is -2.75. The van der Waals surface area contributed by atoms with E-state index in [0.29, 0.717) is 23.4 Å². The summed E-state index contributed by atoms with van der Waals surface area (Å²) in [6.07, 6.45) is 0. The van der Waals surface area contributed by atoms with Crippen molar-refractivity contribution in [3.8, 4) is 11.5 Å². The number of nitrogens with one attached hydrogen (secondary N) is 2. The van der Waals surface area contributed by atoms with E-state index in [-0.39, 0.29) is 24.1 Å². The summed E-state index contributed by atoms with van der Waals surface area (Å²) < 4.78 is 34.2. The van der Waals surface area contributed by atoms with Gasteiger partial charge in [0.1, 0.15) is 11.5 Å². The van der Waals surface area contributed by atoms with E-state index in [4.69, 9.17) is 4.74 Å². The summed E-state index contributed by atoms with van der Waals surface area (Å²) in [6, 6.07) is 11.1. The van der Waals surface area contributed by atoms with Gasteiger partial charge in [0.25, 0.3) is 11.8 Å². The Balaban J connectivity index is 1.58. The van der Waals surface area contributed by atoms with E-state index in [1.807, 2.05) is 6.07 Å². The number of hydrogen-bond acceptors (Lipinski definition) is 5. The minimum Gasteiger partial charge on any atom is -0.497 e. The van der Waals surface area contributed by atoms with E-state index in [1.54, 1.807) is 17.0 Å². The van der Waals surface area contributed by atoms with Gasteiger partial charge in [-0.1, -0.05) is 18.2 Å². The largest absolute Gasteiger partial charge is 0.497 e. The first-order chi connectivity index (χ1) is 13.4. The van der Waals surface area contributed by atoms with Crippen molar-refractivity contribution in [3.63, 3.8) is 0 Å². The molecule has 1 atom stereocenters. The molecule has 0 spiro atoms. The zero-order valence-electron chi connectivity index (χ0n) is 14.9. The molecule has 0 unspecified atom stereocenters. The SMILES string of the molecule is COc1ccc2c(c1)C(=O)N(C[C@@]1(c3ccc(OC(F)F)cc3)NNC1=O)C2. The molecule has 2 aromatic rings. The molecule has 0 aliphatic carbocycles. The highest BCUT2D eigenvalue weighted by molar-refractivity contribution is 6.00. The predicted molar refractivity (Wildman–Crippen MR) is 93.8 cm³/mol. The molecule has 2 heterocycles. The van der Waals surface area contributed by atoms with Gasteiger partial charge in [-0.05, 0) is 35.4 Å². The van der Waals surface area contributed by atoms with Crippen LogP contribution >= 0.6 is 0 Å². The van der Waals surface area contributed by atoms with E-state index in [0.717, 1.165) is 5.56 Å². The maximum atomic E-state index is 12.8. The topological polar surface area (TPSA) is 79.9 Å². The van der Waals surface area contributed by atoms with Crippen molar-refractivity contribution in [2.75, 3.05) is 13.7 Å². The summed E-state index contributed by atoms with van der Waals surface area (Å²) in [6.45, 7) is -2.48. The molecule has 0 bridgehead atoms. The number of amides is 2. The van der Waals surface area contributed by atoms with Crippen LogP contribution in [0.2, 0.25) is 0 Å². The molecule has 4 rings (SSSR count). The molecular formula is C19H17F2N3O4. The molecule has 2 aliphatic heterocycles. The van der Waals surface area contributed by atoms with Crippen LogP contribution in [0, 0.1) is 0 Å². The van der Waals surface area contributed by atoms with Crippen LogP contribution in [0.5, 0.6) is 11.5 Å². The number of fused-ring (bicyclic) bond motifs is 1. The Labute approximate surface area is 159 Å². The molecule has 1 saturated heterocycles. The Morgan fingerprint density at radius 3 is 2.43 bits per heavy atom. The maximum Gasteiger partial charge on any atom is 0.387 e. The summed E-state index contributed by atoms with van der Waals surface area (Å²) in [5, 5.41) is 0. The van der Waals surface area contributed by atoms with Crippen LogP contribution in [0.25, 0.3) is 0 Å². The van der Waals surface area contributed by atoms with E-state index in [1.165, 1.54) is 31.4 Å². The Morgan fingerprint density at radius 2 is 1.86 bits per heavy atom. The van der Waals surface area contributed by atoms with Crippen LogP contribution in [0.1, 0.15) is 21.5 Å². The number of alkyl halides is 2. The van der Waals surface area contributed by atoms with Crippen LogP contribution in [-0.2, 0) is 16.9 Å². The number of rotatable bonds is 6. The van der Waals surface area contributed by atoms with Gasteiger partial charge < -0.3 is 14.4 Å². The first kappa shape index (κ1) is 18.2. The van der Waals surface area contributed by atoms with Crippen molar-refractivity contribution in [3.05, 3.63) is 59.2 Å². The van der Waals surface area contributed by atoms with Gasteiger partial charge in [0.05, 0.1) is 13.7 Å². The maximum absolute atomic E-state index is 12.8.